The summed E-state index contributed by atoms with van der Waals surface area (Å²) in [5, 5.41) is 19.7. The highest BCUT2D eigenvalue weighted by molar-refractivity contribution is 7.45. The average Bonchev–Trinajstić information content (AvgIpc) is 2.94. The van der Waals surface area contributed by atoms with Gasteiger partial charge in [-0.25, -0.2) is 9.36 Å². The van der Waals surface area contributed by atoms with Crippen LogP contribution in [-0.4, -0.2) is 30.9 Å². The highest BCUT2D eigenvalue weighted by Gasteiger charge is 2.53. The van der Waals surface area contributed by atoms with E-state index in [2.05, 4.69) is 0 Å². The summed E-state index contributed by atoms with van der Waals surface area (Å²) in [5.74, 6) is 0.408. The maximum atomic E-state index is 12.5. The Bertz CT molecular complexity index is 1150. The van der Waals surface area contributed by atoms with E-state index in [0.717, 1.165) is 0 Å². The summed E-state index contributed by atoms with van der Waals surface area (Å²) in [6, 6.07) is 16.6. The molecule has 0 amide bonds. The molecule has 3 aromatic rings. The van der Waals surface area contributed by atoms with E-state index in [0.29, 0.717) is 33.8 Å². The average molecular weight is 430 g/mol. The van der Waals surface area contributed by atoms with Crippen LogP contribution in [-0.2, 0) is 14.9 Å². The van der Waals surface area contributed by atoms with Gasteiger partial charge in [0.05, 0.1) is 5.56 Å². The van der Waals surface area contributed by atoms with Gasteiger partial charge in [0.25, 0.3) is 0 Å². The van der Waals surface area contributed by atoms with Crippen molar-refractivity contribution in [3.63, 3.8) is 0 Å². The molecule has 0 aliphatic carbocycles. The zero-order chi connectivity index (χ0) is 21.7. The molecule has 5 rings (SSSR count). The minimum Gasteiger partial charge on any atom is -0.508 e. The monoisotopic (exact) mass is 430 g/mol. The predicted molar refractivity (Wildman–Crippen MR) is 102 cm³/mol. The van der Waals surface area contributed by atoms with E-state index >= 15 is 0 Å². The highest BCUT2D eigenvalue weighted by atomic mass is 31.2. The lowest BCUT2D eigenvalue weighted by atomic mass is 9.77. The molecule has 30 heavy (non-hydrogen) atoms. The van der Waals surface area contributed by atoms with E-state index in [4.69, 9.17) is 28.7 Å². The smallest absolute Gasteiger partial charge is 0.466 e. The Balaban J connectivity index is 0.000000393. The number of aromatic hydroxyl groups is 2. The number of ether oxygens (including phenoxy) is 2. The Morgan fingerprint density at radius 3 is 1.80 bits per heavy atom. The van der Waals surface area contributed by atoms with Gasteiger partial charge in [-0.2, -0.15) is 0 Å². The van der Waals surface area contributed by atoms with E-state index in [9.17, 15) is 15.0 Å². The van der Waals surface area contributed by atoms with Crippen LogP contribution in [0, 0.1) is 0 Å². The molecule has 2 heterocycles. The molecular weight excluding hydrogens is 415 g/mol. The van der Waals surface area contributed by atoms with Gasteiger partial charge in [0.15, 0.2) is 5.60 Å². The topological polar surface area (TPSA) is 154 Å². The molecule has 1 spiro atoms. The summed E-state index contributed by atoms with van der Waals surface area (Å²) in [6.45, 7) is 0. The van der Waals surface area contributed by atoms with Crippen molar-refractivity contribution in [1.29, 1.82) is 0 Å². The second-order valence-electron chi connectivity index (χ2n) is 6.59. The fourth-order valence-electron chi connectivity index (χ4n) is 3.65. The van der Waals surface area contributed by atoms with Gasteiger partial charge in [-0.1, -0.05) is 18.2 Å². The molecule has 0 unspecified atom stereocenters. The van der Waals surface area contributed by atoms with Gasteiger partial charge in [-0.15, -0.1) is 0 Å². The van der Waals surface area contributed by atoms with Crippen LogP contribution in [0.4, 0.5) is 0 Å². The van der Waals surface area contributed by atoms with Crippen LogP contribution in [0.2, 0.25) is 0 Å². The molecule has 154 valence electrons. The second-order valence-corrected chi connectivity index (χ2v) is 7.62. The Morgan fingerprint density at radius 1 is 0.767 bits per heavy atom. The summed E-state index contributed by atoms with van der Waals surface area (Å²) < 4.78 is 20.7. The molecule has 0 radical (unpaired) electrons. The summed E-state index contributed by atoms with van der Waals surface area (Å²) in [7, 11) is -4.64. The first kappa shape index (κ1) is 19.9. The lowest BCUT2D eigenvalue weighted by Crippen LogP contribution is -2.32. The molecule has 2 aliphatic heterocycles. The Kier molecular flexibility index (Phi) is 4.56. The predicted octanol–water partition coefficient (Wildman–Crippen LogP) is 2.74. The number of hydrogen-bond acceptors (Lipinski definition) is 6. The van der Waals surface area contributed by atoms with Gasteiger partial charge in [0, 0.05) is 28.8 Å². The first-order valence-corrected chi connectivity index (χ1v) is 10.1. The van der Waals surface area contributed by atoms with E-state index in [-0.39, 0.29) is 11.5 Å². The summed E-state index contributed by atoms with van der Waals surface area (Å²) in [4.78, 5) is 34.1. The van der Waals surface area contributed by atoms with Crippen molar-refractivity contribution in [2.24, 2.45) is 0 Å². The highest BCUT2D eigenvalue weighted by Crippen LogP contribution is 2.56. The van der Waals surface area contributed by atoms with Crippen molar-refractivity contribution in [1.82, 2.24) is 0 Å². The van der Waals surface area contributed by atoms with E-state index in [1.54, 1.807) is 24.3 Å². The normalized spacial score (nSPS) is 15.1. The van der Waals surface area contributed by atoms with Crippen molar-refractivity contribution in [2.45, 2.75) is 5.60 Å². The van der Waals surface area contributed by atoms with Crippen LogP contribution in [0.15, 0.2) is 60.7 Å². The zero-order valence-electron chi connectivity index (χ0n) is 15.1. The Hall–Kier alpha value is -3.36. The van der Waals surface area contributed by atoms with Crippen molar-refractivity contribution in [3.8, 4) is 23.0 Å². The maximum Gasteiger partial charge on any atom is 0.466 e. The van der Waals surface area contributed by atoms with Crippen molar-refractivity contribution in [3.05, 3.63) is 82.9 Å². The fourth-order valence-corrected chi connectivity index (χ4v) is 3.65. The largest absolute Gasteiger partial charge is 0.508 e. The molecule has 2 aliphatic rings. The number of rotatable bonds is 0. The molecule has 5 N–H and O–H groups in total. The molecule has 9 nitrogen and oxygen atoms in total. The van der Waals surface area contributed by atoms with E-state index < -0.39 is 19.4 Å². The molecular formula is C20H15O9P. The zero-order valence-corrected chi connectivity index (χ0v) is 16.0. The second kappa shape index (κ2) is 6.86. The van der Waals surface area contributed by atoms with Gasteiger partial charge in [0.1, 0.15) is 23.0 Å². The van der Waals surface area contributed by atoms with Gasteiger partial charge in [-0.3, -0.25) is 0 Å². The Labute approximate surface area is 169 Å². The molecule has 0 saturated carbocycles. The number of benzene rings is 3. The lowest BCUT2D eigenvalue weighted by Gasteiger charge is -2.36. The van der Waals surface area contributed by atoms with E-state index in [1.807, 2.05) is 12.1 Å². The first-order valence-electron chi connectivity index (χ1n) is 8.55. The van der Waals surface area contributed by atoms with Gasteiger partial charge >= 0.3 is 13.8 Å². The number of hydrogen-bond donors (Lipinski definition) is 5. The first-order chi connectivity index (χ1) is 14.1. The molecule has 3 aromatic carbocycles. The third-order valence-electron chi connectivity index (χ3n) is 4.68. The molecule has 0 fully saturated rings. The molecule has 0 saturated heterocycles. The van der Waals surface area contributed by atoms with Crippen LogP contribution in [0.3, 0.4) is 0 Å². The fraction of sp³-hybridized carbons (Fsp3) is 0.0500. The lowest BCUT2D eigenvalue weighted by molar-refractivity contribution is 0.0224. The van der Waals surface area contributed by atoms with Crippen LogP contribution >= 0.6 is 7.82 Å². The summed E-state index contributed by atoms with van der Waals surface area (Å²) in [6.07, 6.45) is 0. The van der Waals surface area contributed by atoms with Crippen LogP contribution < -0.4 is 4.74 Å². The van der Waals surface area contributed by atoms with Crippen LogP contribution in [0.1, 0.15) is 27.0 Å². The third-order valence-corrected chi connectivity index (χ3v) is 4.68. The van der Waals surface area contributed by atoms with Gasteiger partial charge in [-0.05, 0) is 30.3 Å². The number of esters is 1. The number of phosphoric acid groups is 1. The minimum atomic E-state index is -4.64. The van der Waals surface area contributed by atoms with Gasteiger partial charge in [0.2, 0.25) is 0 Å². The number of fused-ring (bicyclic) bond motifs is 6. The summed E-state index contributed by atoms with van der Waals surface area (Å²) in [5.41, 5.74) is 1.28. The Morgan fingerprint density at radius 2 is 1.27 bits per heavy atom. The number of phenols is 2. The minimum absolute atomic E-state index is 0.0371. The molecule has 0 aromatic heterocycles. The molecule has 10 heteroatoms. The van der Waals surface area contributed by atoms with Gasteiger partial charge < -0.3 is 34.4 Å². The third kappa shape index (κ3) is 3.30. The van der Waals surface area contributed by atoms with Crippen LogP contribution in [0.5, 0.6) is 23.0 Å². The van der Waals surface area contributed by atoms with Crippen molar-refractivity contribution >= 4 is 13.8 Å². The molecule has 0 atom stereocenters. The molecule has 0 bridgehead atoms. The SMILES string of the molecule is O=C1OC2(c3ccc(O)cc3Oc3cc(O)ccc32)c2ccccc21.O=P(O)(O)O. The van der Waals surface area contributed by atoms with E-state index in [1.165, 1.54) is 24.3 Å². The van der Waals surface area contributed by atoms with Crippen molar-refractivity contribution < 1.29 is 43.7 Å². The quantitative estimate of drug-likeness (QED) is 0.267. The maximum absolute atomic E-state index is 12.5. The number of phenolic OH excluding ortho intramolecular Hbond substituents is 2. The number of carbonyl (C=O) groups is 1. The standard InChI is InChI=1S/C20H12O5.H3O4P/c21-11-5-7-15-17(9-11)24-18-10-12(22)6-8-16(18)20(15)14-4-2-1-3-13(14)19(23)25-20;1-5(2,3)4/h1-10,21-22H;(H3,1,2,3,4). The van der Waals surface area contributed by atoms with Crippen LogP contribution in [0.25, 0.3) is 0 Å². The number of carbonyl (C=O) groups excluding carboxylic acids is 1. The van der Waals surface area contributed by atoms with Crippen molar-refractivity contribution in [2.75, 3.05) is 0 Å². The summed E-state index contributed by atoms with van der Waals surface area (Å²) >= 11 is 0.